The van der Waals surface area contributed by atoms with Gasteiger partial charge in [0.1, 0.15) is 0 Å². The summed E-state index contributed by atoms with van der Waals surface area (Å²) in [5, 5.41) is 57.2. The Bertz CT molecular complexity index is 1110. The third-order valence-corrected chi connectivity index (χ3v) is 3.46. The van der Waals surface area contributed by atoms with Crippen LogP contribution in [0.3, 0.4) is 0 Å². The standard InChI is InChI=1S/7C3H4N3.7V/c4*1-3-4-2-5-6-3;3*1-3-2-4-6-5-3;;;;;;;/h1H3,(H,4,5,6);3*2H,1H3;1H3,(H,4,5,6);2*2H,1H3;;;;;;;/q7*-1;;;;;;;. The Morgan fingerprint density at radius 3 is 1.57 bits per heavy atom. The van der Waals surface area contributed by atoms with Crippen LogP contribution < -0.4 is 25.4 Å². The van der Waals surface area contributed by atoms with Gasteiger partial charge in [0.2, 0.25) is 0 Å². The fourth-order valence-electron chi connectivity index (χ4n) is 1.66. The Morgan fingerprint density at radius 1 is 0.714 bits per heavy atom. The summed E-state index contributed by atoms with van der Waals surface area (Å²) in [6, 6.07) is 0. The van der Waals surface area contributed by atoms with Gasteiger partial charge in [-0.05, 0) is 52.6 Å². The van der Waals surface area contributed by atoms with Gasteiger partial charge in [-0.15, -0.1) is 10.9 Å². The minimum Gasteiger partial charge on any atom is -0.430 e. The summed E-state index contributed by atoms with van der Waals surface area (Å²) < 4.78 is 0. The van der Waals surface area contributed by atoms with Crippen molar-refractivity contribution in [3.63, 3.8) is 0 Å². The number of nitrogens with one attached hydrogen (secondary N) is 2. The average molecular weight is 931 g/mol. The molecule has 0 aliphatic carbocycles. The van der Waals surface area contributed by atoms with E-state index in [0.717, 1.165) is 40.4 Å². The van der Waals surface area contributed by atoms with Crippen molar-refractivity contribution in [2.75, 3.05) is 0 Å². The smallest absolute Gasteiger partial charge is 0.0231 e. The van der Waals surface area contributed by atoms with Crippen LogP contribution in [0.1, 0.15) is 40.4 Å². The molecule has 0 fully saturated rings. The summed E-state index contributed by atoms with van der Waals surface area (Å²) in [6.45, 7) is 12.7. The van der Waals surface area contributed by atoms with Crippen molar-refractivity contribution < 1.29 is 130 Å². The molecule has 0 saturated carbocycles. The first-order valence-electron chi connectivity index (χ1n) is 11.6. The van der Waals surface area contributed by atoms with E-state index in [0.29, 0.717) is 0 Å². The SMILES string of the molecule is Cc1[c-]nn[nH]1.Cc1c[n-]nn1.Cc1cnn[n-]1.Cc1n[c-][nH]n1.Cc1nc[n-]n1.Cc1ncn[n-]1.Cc1nnc[n-]1.[V].[V].[V].[V].[V].[V].[V]. The number of rotatable bonds is 0. The summed E-state index contributed by atoms with van der Waals surface area (Å²) in [7, 11) is 0. The van der Waals surface area contributed by atoms with E-state index in [4.69, 9.17) is 0 Å². The molecule has 0 aromatic carbocycles. The summed E-state index contributed by atoms with van der Waals surface area (Å²) in [4.78, 5) is 14.7. The van der Waals surface area contributed by atoms with Gasteiger partial charge in [-0.3, -0.25) is 25.7 Å². The first-order valence-corrected chi connectivity index (χ1v) is 11.6. The molecule has 49 heavy (non-hydrogen) atoms. The van der Waals surface area contributed by atoms with Crippen molar-refractivity contribution in [3.05, 3.63) is 84.3 Å². The van der Waals surface area contributed by atoms with Gasteiger partial charge >= 0.3 is 0 Å². The molecular formula is C21H28N21V7-7. The minimum atomic E-state index is 0. The second-order valence-corrected chi connectivity index (χ2v) is 7.22. The molecule has 0 spiro atoms. The predicted octanol–water partition coefficient (Wildman–Crippen LogP) is -1.48. The van der Waals surface area contributed by atoms with Crippen molar-refractivity contribution in [1.29, 1.82) is 0 Å². The van der Waals surface area contributed by atoms with Crippen molar-refractivity contribution >= 4 is 0 Å². The summed E-state index contributed by atoms with van der Waals surface area (Å²) in [5.74, 6) is 2.93. The molecule has 0 bridgehead atoms. The molecule has 0 saturated heterocycles. The fraction of sp³-hybridized carbons (Fsp3) is 0.333. The van der Waals surface area contributed by atoms with Gasteiger partial charge in [-0.2, -0.15) is 0 Å². The Hall–Kier alpha value is -1.93. The average Bonchev–Trinajstić information content (AvgIpc) is 3.79. The molecular weight excluding hydrogens is 903 g/mol. The molecule has 21 nitrogen and oxygen atoms in total. The molecule has 0 aliphatic rings. The second-order valence-electron chi connectivity index (χ2n) is 7.22. The predicted molar refractivity (Wildman–Crippen MR) is 140 cm³/mol. The van der Waals surface area contributed by atoms with E-state index in [-0.39, 0.29) is 130 Å². The van der Waals surface area contributed by atoms with Crippen LogP contribution in [0.2, 0.25) is 0 Å². The van der Waals surface area contributed by atoms with Gasteiger partial charge in [-0.1, -0.05) is 56.1 Å². The zero-order chi connectivity index (χ0) is 30.8. The molecule has 7 heterocycles. The number of H-pyrrole nitrogens is 2. The molecule has 7 rings (SSSR count). The van der Waals surface area contributed by atoms with Gasteiger partial charge < -0.3 is 82.2 Å². The fourth-order valence-corrected chi connectivity index (χ4v) is 1.66. The van der Waals surface area contributed by atoms with Crippen molar-refractivity contribution in [1.82, 2.24) is 107 Å². The van der Waals surface area contributed by atoms with Crippen LogP contribution in [-0.2, 0) is 130 Å². The zero-order valence-corrected chi connectivity index (χ0v) is 36.8. The van der Waals surface area contributed by atoms with Crippen LogP contribution in [0.5, 0.6) is 0 Å². The Kier molecular flexibility index (Phi) is 53.6. The number of hydrogen-bond donors (Lipinski definition) is 2. The van der Waals surface area contributed by atoms with Crippen LogP contribution in [0.15, 0.2) is 31.4 Å². The maximum atomic E-state index is 3.69. The summed E-state index contributed by atoms with van der Waals surface area (Å²) in [5.41, 5.74) is 2.61. The summed E-state index contributed by atoms with van der Waals surface area (Å²) >= 11 is 0. The van der Waals surface area contributed by atoms with Crippen molar-refractivity contribution in [2.24, 2.45) is 0 Å². The normalized spacial score (nSPS) is 7.57. The molecule has 28 heteroatoms. The van der Waals surface area contributed by atoms with Crippen LogP contribution in [-0.4, -0.2) is 81.6 Å². The molecule has 0 amide bonds. The van der Waals surface area contributed by atoms with Gasteiger partial charge in [0.05, 0.1) is 0 Å². The molecule has 2 N–H and O–H groups in total. The van der Waals surface area contributed by atoms with Crippen molar-refractivity contribution in [2.45, 2.75) is 48.5 Å². The van der Waals surface area contributed by atoms with Gasteiger partial charge in [0.15, 0.2) is 0 Å². The molecule has 7 aromatic heterocycles. The van der Waals surface area contributed by atoms with E-state index in [1.807, 2.05) is 20.8 Å². The first-order chi connectivity index (χ1) is 20.3. The van der Waals surface area contributed by atoms with E-state index < -0.39 is 0 Å². The van der Waals surface area contributed by atoms with E-state index >= 15 is 0 Å². The van der Waals surface area contributed by atoms with Crippen molar-refractivity contribution in [3.8, 4) is 0 Å². The van der Waals surface area contributed by atoms with E-state index in [2.05, 4.69) is 119 Å². The van der Waals surface area contributed by atoms with Crippen LogP contribution in [0.25, 0.3) is 0 Å². The van der Waals surface area contributed by atoms with Crippen LogP contribution in [0.4, 0.5) is 0 Å². The van der Waals surface area contributed by atoms with Gasteiger partial charge in [-0.25, -0.2) is 0 Å². The largest absolute Gasteiger partial charge is 0.430 e. The number of hydrogen-bond acceptors (Lipinski definition) is 14. The van der Waals surface area contributed by atoms with Crippen LogP contribution >= 0.6 is 0 Å². The van der Waals surface area contributed by atoms with Gasteiger partial charge in [0.25, 0.3) is 0 Å². The maximum Gasteiger partial charge on any atom is 0.0231 e. The first kappa shape index (κ1) is 62.2. The Morgan fingerprint density at radius 2 is 1.43 bits per heavy atom. The number of aromatic nitrogens is 21. The van der Waals surface area contributed by atoms with Crippen LogP contribution in [0, 0.1) is 61.0 Å². The summed E-state index contributed by atoms with van der Waals surface area (Å²) in [6.07, 6.45) is 12.5. The topological polar surface area (TPSA) is 283 Å². The molecule has 7 radical (unpaired) electrons. The third-order valence-electron chi connectivity index (χ3n) is 3.46. The van der Waals surface area contributed by atoms with E-state index in [1.54, 1.807) is 40.1 Å². The molecule has 259 valence electrons. The molecule has 7 aromatic rings. The third kappa shape index (κ3) is 40.4. The van der Waals surface area contributed by atoms with Gasteiger partial charge in [0, 0.05) is 142 Å². The Labute approximate surface area is 366 Å². The Balaban J connectivity index is -0.0000000820. The molecule has 0 unspecified atom stereocenters. The minimum absolute atomic E-state index is 0. The maximum absolute atomic E-state index is 3.69. The monoisotopic (exact) mass is 931 g/mol. The molecule has 0 aliphatic heterocycles. The molecule has 0 atom stereocenters. The number of nitrogens with zero attached hydrogens (tertiary/aromatic N) is 19. The zero-order valence-electron chi connectivity index (χ0n) is 27.0. The quantitative estimate of drug-likeness (QED) is 0.164. The van der Waals surface area contributed by atoms with E-state index in [9.17, 15) is 0 Å². The number of aryl methyl sites for hydroxylation is 7. The number of aromatic amines is 2. The van der Waals surface area contributed by atoms with E-state index in [1.165, 1.54) is 19.0 Å². The second kappa shape index (κ2) is 42.2.